The molecule has 0 radical (unpaired) electrons. The number of likely N-dealkylation sites (tertiary alicyclic amines) is 1. The molecule has 1 aromatic rings. The molecule has 1 aromatic carbocycles. The lowest BCUT2D eigenvalue weighted by atomic mass is 9.56. The lowest BCUT2D eigenvalue weighted by molar-refractivity contribution is -0.143. The molecule has 0 atom stereocenters. The third-order valence-corrected chi connectivity index (χ3v) is 4.74. The first-order valence-corrected chi connectivity index (χ1v) is 7.17. The fraction of sp³-hybridized carbons (Fsp3) is 0.562. The molecule has 2 fully saturated rings. The van der Waals surface area contributed by atoms with E-state index in [4.69, 9.17) is 0 Å². The van der Waals surface area contributed by atoms with Gasteiger partial charge in [-0.25, -0.2) is 0 Å². The number of rotatable bonds is 3. The third-order valence-electron chi connectivity index (χ3n) is 4.74. The first-order chi connectivity index (χ1) is 9.81. The number of halogens is 3. The molecule has 1 aliphatic carbocycles. The van der Waals surface area contributed by atoms with Gasteiger partial charge in [0.25, 0.3) is 0 Å². The Morgan fingerprint density at radius 3 is 2.57 bits per heavy atom. The summed E-state index contributed by atoms with van der Waals surface area (Å²) in [6, 6.07) is 4.37. The summed E-state index contributed by atoms with van der Waals surface area (Å²) >= 11 is 0. The van der Waals surface area contributed by atoms with E-state index >= 15 is 0 Å². The van der Waals surface area contributed by atoms with E-state index in [9.17, 15) is 18.0 Å². The number of aryl methyl sites for hydroxylation is 1. The number of hydrogen-bond donors (Lipinski definition) is 0. The maximum absolute atomic E-state index is 13.0. The molecule has 1 heterocycles. The van der Waals surface area contributed by atoms with Crippen LogP contribution in [0.5, 0.6) is 0 Å². The van der Waals surface area contributed by atoms with Crippen LogP contribution in [0.4, 0.5) is 13.2 Å². The zero-order chi connectivity index (χ0) is 15.3. The van der Waals surface area contributed by atoms with Gasteiger partial charge in [-0.1, -0.05) is 17.7 Å². The van der Waals surface area contributed by atoms with Crippen LogP contribution in [-0.4, -0.2) is 24.4 Å². The van der Waals surface area contributed by atoms with E-state index in [1.54, 1.807) is 11.0 Å². The second kappa shape index (κ2) is 4.75. The monoisotopic (exact) mass is 297 g/mol. The van der Waals surface area contributed by atoms with Gasteiger partial charge in [-0.15, -0.1) is 0 Å². The highest BCUT2D eigenvalue weighted by molar-refractivity contribution is 5.49. The van der Waals surface area contributed by atoms with Crippen molar-refractivity contribution in [2.24, 2.45) is 11.3 Å². The van der Waals surface area contributed by atoms with Gasteiger partial charge in [0, 0.05) is 18.5 Å². The van der Waals surface area contributed by atoms with Crippen LogP contribution >= 0.6 is 0 Å². The summed E-state index contributed by atoms with van der Waals surface area (Å²) in [7, 11) is 0. The van der Waals surface area contributed by atoms with Crippen molar-refractivity contribution in [2.45, 2.75) is 32.4 Å². The van der Waals surface area contributed by atoms with Gasteiger partial charge in [-0.05, 0) is 43.7 Å². The van der Waals surface area contributed by atoms with Crippen LogP contribution in [0.2, 0.25) is 0 Å². The Hall–Kier alpha value is -1.52. The molecule has 114 valence electrons. The van der Waals surface area contributed by atoms with Crippen LogP contribution in [0, 0.1) is 18.3 Å². The van der Waals surface area contributed by atoms with E-state index in [0.717, 1.165) is 37.9 Å². The van der Waals surface area contributed by atoms with Gasteiger partial charge in [-0.2, -0.15) is 13.2 Å². The Kier molecular flexibility index (Phi) is 3.26. The van der Waals surface area contributed by atoms with Gasteiger partial charge in [0.15, 0.2) is 0 Å². The van der Waals surface area contributed by atoms with Crippen molar-refractivity contribution >= 4 is 6.41 Å². The van der Waals surface area contributed by atoms with Crippen molar-refractivity contribution < 1.29 is 18.0 Å². The Morgan fingerprint density at radius 2 is 2.00 bits per heavy atom. The minimum absolute atomic E-state index is 0.202. The summed E-state index contributed by atoms with van der Waals surface area (Å²) in [5.41, 5.74) is 0.974. The maximum Gasteiger partial charge on any atom is 0.416 e. The van der Waals surface area contributed by atoms with Gasteiger partial charge in [0.1, 0.15) is 0 Å². The maximum atomic E-state index is 13.0. The molecule has 5 heteroatoms. The van der Waals surface area contributed by atoms with Crippen molar-refractivity contribution in [3.63, 3.8) is 0 Å². The van der Waals surface area contributed by atoms with E-state index < -0.39 is 11.7 Å². The molecular formula is C16H18F3NO. The number of hydrogen-bond acceptors (Lipinski definition) is 1. The summed E-state index contributed by atoms with van der Waals surface area (Å²) in [6.07, 6.45) is -1.08. The molecule has 1 saturated carbocycles. The van der Waals surface area contributed by atoms with Crippen LogP contribution in [0.25, 0.3) is 0 Å². The largest absolute Gasteiger partial charge is 0.416 e. The Morgan fingerprint density at radius 1 is 1.33 bits per heavy atom. The molecule has 1 amide bonds. The number of carbonyl (C=O) groups is 1. The van der Waals surface area contributed by atoms with Crippen molar-refractivity contribution in [3.8, 4) is 0 Å². The van der Waals surface area contributed by atoms with Crippen LogP contribution in [0.15, 0.2) is 18.2 Å². The highest BCUT2D eigenvalue weighted by Gasteiger charge is 2.52. The summed E-state index contributed by atoms with van der Waals surface area (Å²) in [5, 5.41) is 0. The fourth-order valence-electron chi connectivity index (χ4n) is 3.94. The topological polar surface area (TPSA) is 20.3 Å². The van der Waals surface area contributed by atoms with Crippen molar-refractivity contribution in [3.05, 3.63) is 34.9 Å². The van der Waals surface area contributed by atoms with Crippen LogP contribution < -0.4 is 0 Å². The molecule has 21 heavy (non-hydrogen) atoms. The summed E-state index contributed by atoms with van der Waals surface area (Å²) in [5.74, 6) is 0.307. The lowest BCUT2D eigenvalue weighted by Crippen LogP contribution is -2.61. The van der Waals surface area contributed by atoms with Crippen molar-refractivity contribution in [2.75, 3.05) is 13.1 Å². The van der Waals surface area contributed by atoms with Crippen LogP contribution in [0.1, 0.15) is 29.5 Å². The number of nitrogens with zero attached hydrogens (tertiary/aromatic N) is 1. The van der Waals surface area contributed by atoms with Gasteiger partial charge in [-0.3, -0.25) is 4.79 Å². The normalized spacial score (nSPS) is 21.0. The number of alkyl halides is 3. The molecule has 1 spiro atoms. The number of carbonyl (C=O) groups excluding carboxylic acids is 1. The second-order valence-corrected chi connectivity index (χ2v) is 6.65. The van der Waals surface area contributed by atoms with E-state index in [0.29, 0.717) is 17.9 Å². The second-order valence-electron chi connectivity index (χ2n) is 6.65. The van der Waals surface area contributed by atoms with Crippen LogP contribution in [-0.2, 0) is 17.4 Å². The Labute approximate surface area is 121 Å². The molecule has 2 nitrogen and oxygen atoms in total. The van der Waals surface area contributed by atoms with Crippen LogP contribution in [0.3, 0.4) is 0 Å². The summed E-state index contributed by atoms with van der Waals surface area (Å²) in [4.78, 5) is 12.3. The smallest absolute Gasteiger partial charge is 0.344 e. The van der Waals surface area contributed by atoms with E-state index in [1.165, 1.54) is 12.1 Å². The van der Waals surface area contributed by atoms with Gasteiger partial charge in [0.05, 0.1) is 5.56 Å². The summed E-state index contributed by atoms with van der Waals surface area (Å²) < 4.78 is 39.1. The molecule has 3 rings (SSSR count). The highest BCUT2D eigenvalue weighted by Crippen LogP contribution is 2.52. The molecule has 0 unspecified atom stereocenters. The minimum Gasteiger partial charge on any atom is -0.344 e. The Balaban J connectivity index is 1.67. The molecular weight excluding hydrogens is 279 g/mol. The van der Waals surface area contributed by atoms with Crippen molar-refractivity contribution in [1.82, 2.24) is 4.90 Å². The Bertz CT molecular complexity index is 553. The van der Waals surface area contributed by atoms with Crippen molar-refractivity contribution in [1.29, 1.82) is 0 Å². The average Bonchev–Trinajstić information content (AvgIpc) is 2.28. The van der Waals surface area contributed by atoms with E-state index in [-0.39, 0.29) is 5.41 Å². The first kappa shape index (κ1) is 14.4. The average molecular weight is 297 g/mol. The van der Waals surface area contributed by atoms with E-state index in [1.807, 2.05) is 6.92 Å². The zero-order valence-electron chi connectivity index (χ0n) is 11.9. The quantitative estimate of drug-likeness (QED) is 0.783. The van der Waals surface area contributed by atoms with E-state index in [2.05, 4.69) is 0 Å². The lowest BCUT2D eigenvalue weighted by Gasteiger charge is -2.58. The predicted molar refractivity (Wildman–Crippen MR) is 72.7 cm³/mol. The molecule has 1 aliphatic heterocycles. The highest BCUT2D eigenvalue weighted by atomic mass is 19.4. The predicted octanol–water partition coefficient (Wildman–Crippen LogP) is 3.42. The zero-order valence-corrected chi connectivity index (χ0v) is 11.9. The summed E-state index contributed by atoms with van der Waals surface area (Å²) in [6.45, 7) is 3.36. The number of benzene rings is 1. The SMILES string of the molecule is Cc1ccc(C(F)(F)F)c(CC2CC3(C2)CN(C=O)C3)c1. The molecule has 0 aromatic heterocycles. The molecule has 1 saturated heterocycles. The fourth-order valence-corrected chi connectivity index (χ4v) is 3.94. The van der Waals surface area contributed by atoms with Gasteiger partial charge >= 0.3 is 6.18 Å². The standard InChI is InChI=1S/C16H18F3NO/c1-11-2-3-14(16(17,18)19)13(4-11)5-12-6-15(7-12)8-20(9-15)10-21/h2-4,10,12H,5-9H2,1H3. The molecule has 0 N–H and O–H groups in total. The first-order valence-electron chi connectivity index (χ1n) is 7.17. The molecule has 2 aliphatic rings. The minimum atomic E-state index is -4.28. The van der Waals surface area contributed by atoms with Gasteiger partial charge in [0.2, 0.25) is 6.41 Å². The molecule has 0 bridgehead atoms. The number of amides is 1. The third kappa shape index (κ3) is 2.65. The van der Waals surface area contributed by atoms with Gasteiger partial charge < -0.3 is 4.90 Å².